The molecule has 3 heterocycles. The second kappa shape index (κ2) is 7.95. The molecule has 1 saturated heterocycles. The highest BCUT2D eigenvalue weighted by Gasteiger charge is 2.21. The molecule has 1 aliphatic heterocycles. The van der Waals surface area contributed by atoms with Gasteiger partial charge in [-0.25, -0.2) is 4.98 Å². The van der Waals surface area contributed by atoms with Crippen molar-refractivity contribution in [3.8, 4) is 0 Å². The summed E-state index contributed by atoms with van der Waals surface area (Å²) in [6, 6.07) is 6.66. The summed E-state index contributed by atoms with van der Waals surface area (Å²) < 4.78 is 0. The van der Waals surface area contributed by atoms with Crippen molar-refractivity contribution in [3.05, 3.63) is 46.9 Å². The molecule has 2 aromatic rings. The van der Waals surface area contributed by atoms with Gasteiger partial charge in [0.05, 0.1) is 16.9 Å². The van der Waals surface area contributed by atoms with Gasteiger partial charge in [-0.15, -0.1) is 0 Å². The molecule has 0 unspecified atom stereocenters. The normalized spacial score (nSPS) is 18.5. The molecule has 0 saturated carbocycles. The fourth-order valence-electron chi connectivity index (χ4n) is 3.30. The van der Waals surface area contributed by atoms with Gasteiger partial charge >= 0.3 is 0 Å². The minimum Gasteiger partial charge on any atom is -0.338 e. The van der Waals surface area contributed by atoms with Crippen molar-refractivity contribution in [2.45, 2.75) is 52.1 Å². The van der Waals surface area contributed by atoms with Crippen molar-refractivity contribution in [1.29, 1.82) is 0 Å². The molecule has 0 spiro atoms. The zero-order valence-corrected chi connectivity index (χ0v) is 15.2. The highest BCUT2D eigenvalue weighted by atomic mass is 35.5. The van der Waals surface area contributed by atoms with Crippen LogP contribution in [0.4, 0.5) is 11.5 Å². The number of hydrogen-bond donors (Lipinski definition) is 1. The van der Waals surface area contributed by atoms with E-state index in [1.807, 2.05) is 31.3 Å². The second-order valence-electron chi connectivity index (χ2n) is 6.52. The van der Waals surface area contributed by atoms with Crippen LogP contribution in [0.3, 0.4) is 0 Å². The Morgan fingerprint density at radius 1 is 1.25 bits per heavy atom. The van der Waals surface area contributed by atoms with Crippen molar-refractivity contribution >= 4 is 23.1 Å². The minimum absolute atomic E-state index is 0.651. The summed E-state index contributed by atoms with van der Waals surface area (Å²) in [6.07, 6.45) is 8.87. The van der Waals surface area contributed by atoms with Gasteiger partial charge in [0.2, 0.25) is 0 Å². The zero-order chi connectivity index (χ0) is 16.9. The van der Waals surface area contributed by atoms with Crippen molar-refractivity contribution in [1.82, 2.24) is 14.9 Å². The molecule has 2 aromatic heterocycles. The fourth-order valence-corrected chi connectivity index (χ4v) is 3.54. The smallest absolute Gasteiger partial charge is 0.149 e. The Kier molecular flexibility index (Phi) is 5.69. The summed E-state index contributed by atoms with van der Waals surface area (Å²) in [7, 11) is 0. The molecule has 5 heteroatoms. The molecule has 0 aliphatic carbocycles. The average molecular weight is 345 g/mol. The monoisotopic (exact) mass is 344 g/mol. The van der Waals surface area contributed by atoms with E-state index < -0.39 is 0 Å². The topological polar surface area (TPSA) is 41.1 Å². The van der Waals surface area contributed by atoms with Crippen LogP contribution in [0.1, 0.15) is 43.9 Å². The summed E-state index contributed by atoms with van der Waals surface area (Å²) in [5.41, 5.74) is 3.06. The van der Waals surface area contributed by atoms with Crippen molar-refractivity contribution in [2.75, 3.05) is 11.9 Å². The zero-order valence-electron chi connectivity index (χ0n) is 14.4. The van der Waals surface area contributed by atoms with Crippen LogP contribution < -0.4 is 5.32 Å². The standard InChI is InChI=1S/C19H25ClN4/c1-3-17-6-4-5-9-24(17)13-15-10-18(20)19(22-11-15)23-16-8-7-14(2)21-12-16/h7-8,10-12,17H,3-6,9,13H2,1-2H3,(H,22,23)/t17-/m0/s1. The van der Waals surface area contributed by atoms with Crippen LogP contribution in [0.25, 0.3) is 0 Å². The summed E-state index contributed by atoms with van der Waals surface area (Å²) in [4.78, 5) is 11.4. The van der Waals surface area contributed by atoms with Crippen LogP contribution in [0.5, 0.6) is 0 Å². The average Bonchev–Trinajstić information content (AvgIpc) is 2.60. The molecular formula is C19H25ClN4. The summed E-state index contributed by atoms with van der Waals surface area (Å²) in [6.45, 7) is 6.34. The van der Waals surface area contributed by atoms with E-state index in [0.29, 0.717) is 16.9 Å². The lowest BCUT2D eigenvalue weighted by Gasteiger charge is -2.35. The van der Waals surface area contributed by atoms with Crippen LogP contribution >= 0.6 is 11.6 Å². The molecule has 4 nitrogen and oxygen atoms in total. The number of hydrogen-bond acceptors (Lipinski definition) is 4. The molecule has 1 atom stereocenters. The maximum atomic E-state index is 6.43. The third-order valence-corrected chi connectivity index (χ3v) is 4.97. The summed E-state index contributed by atoms with van der Waals surface area (Å²) in [5, 5.41) is 3.88. The van der Waals surface area contributed by atoms with Gasteiger partial charge in [0.25, 0.3) is 0 Å². The van der Waals surface area contributed by atoms with Crippen LogP contribution in [0, 0.1) is 6.92 Å². The van der Waals surface area contributed by atoms with Gasteiger partial charge in [0.1, 0.15) is 5.82 Å². The van der Waals surface area contributed by atoms with Gasteiger partial charge in [0.15, 0.2) is 0 Å². The largest absolute Gasteiger partial charge is 0.338 e. The Morgan fingerprint density at radius 2 is 2.12 bits per heavy atom. The number of likely N-dealkylation sites (tertiary alicyclic amines) is 1. The lowest BCUT2D eigenvalue weighted by atomic mass is 9.99. The van der Waals surface area contributed by atoms with Gasteiger partial charge in [-0.05, 0) is 56.5 Å². The molecule has 0 bridgehead atoms. The predicted molar refractivity (Wildman–Crippen MR) is 99.8 cm³/mol. The number of nitrogens with zero attached hydrogens (tertiary/aromatic N) is 3. The number of halogens is 1. The van der Waals surface area contributed by atoms with E-state index in [0.717, 1.165) is 17.9 Å². The number of rotatable bonds is 5. The van der Waals surface area contributed by atoms with Crippen molar-refractivity contribution in [2.24, 2.45) is 0 Å². The Labute approximate surface area is 149 Å². The highest BCUT2D eigenvalue weighted by molar-refractivity contribution is 6.33. The highest BCUT2D eigenvalue weighted by Crippen LogP contribution is 2.26. The number of piperidine rings is 1. The molecule has 0 aromatic carbocycles. The molecule has 0 radical (unpaired) electrons. The number of anilines is 2. The second-order valence-corrected chi connectivity index (χ2v) is 6.92. The van der Waals surface area contributed by atoms with E-state index in [1.165, 1.54) is 37.8 Å². The first kappa shape index (κ1) is 17.2. The molecule has 24 heavy (non-hydrogen) atoms. The van der Waals surface area contributed by atoms with Gasteiger partial charge in [0, 0.05) is 24.5 Å². The molecule has 1 fully saturated rings. The van der Waals surface area contributed by atoms with Crippen LogP contribution in [-0.2, 0) is 6.54 Å². The summed E-state index contributed by atoms with van der Waals surface area (Å²) >= 11 is 6.43. The Bertz CT molecular complexity index is 672. The van der Waals surface area contributed by atoms with E-state index in [-0.39, 0.29) is 0 Å². The number of pyridine rings is 2. The van der Waals surface area contributed by atoms with Crippen LogP contribution in [-0.4, -0.2) is 27.5 Å². The third-order valence-electron chi connectivity index (χ3n) is 4.68. The molecule has 1 N–H and O–H groups in total. The van der Waals surface area contributed by atoms with Crippen LogP contribution in [0.2, 0.25) is 5.02 Å². The maximum absolute atomic E-state index is 6.43. The van der Waals surface area contributed by atoms with Crippen molar-refractivity contribution < 1.29 is 0 Å². The quantitative estimate of drug-likeness (QED) is 0.833. The van der Waals surface area contributed by atoms with Crippen LogP contribution in [0.15, 0.2) is 30.6 Å². The number of aryl methyl sites for hydroxylation is 1. The van der Waals surface area contributed by atoms with E-state index in [1.54, 1.807) is 6.20 Å². The van der Waals surface area contributed by atoms with Gasteiger partial charge in [-0.1, -0.05) is 24.9 Å². The number of aromatic nitrogens is 2. The molecular weight excluding hydrogens is 320 g/mol. The Balaban J connectivity index is 1.68. The van der Waals surface area contributed by atoms with E-state index in [9.17, 15) is 0 Å². The van der Waals surface area contributed by atoms with Gasteiger partial charge in [-0.3, -0.25) is 9.88 Å². The summed E-state index contributed by atoms with van der Waals surface area (Å²) in [5.74, 6) is 0.678. The molecule has 0 amide bonds. The molecule has 1 aliphatic rings. The number of nitrogens with one attached hydrogen (secondary N) is 1. The predicted octanol–water partition coefficient (Wildman–Crippen LogP) is 4.95. The van der Waals surface area contributed by atoms with E-state index in [2.05, 4.69) is 27.1 Å². The lowest BCUT2D eigenvalue weighted by Crippen LogP contribution is -2.38. The molecule has 128 valence electrons. The first-order chi connectivity index (χ1) is 11.7. The van der Waals surface area contributed by atoms with E-state index in [4.69, 9.17) is 11.6 Å². The SMILES string of the molecule is CC[C@H]1CCCCN1Cc1cnc(Nc2ccc(C)nc2)c(Cl)c1. The lowest BCUT2D eigenvalue weighted by molar-refractivity contribution is 0.136. The van der Waals surface area contributed by atoms with Gasteiger partial charge < -0.3 is 5.32 Å². The fraction of sp³-hybridized carbons (Fsp3) is 0.474. The minimum atomic E-state index is 0.651. The first-order valence-corrected chi connectivity index (χ1v) is 9.11. The third kappa shape index (κ3) is 4.25. The first-order valence-electron chi connectivity index (χ1n) is 8.74. The van der Waals surface area contributed by atoms with Gasteiger partial charge in [-0.2, -0.15) is 0 Å². The van der Waals surface area contributed by atoms with E-state index >= 15 is 0 Å². The van der Waals surface area contributed by atoms with Crippen molar-refractivity contribution in [3.63, 3.8) is 0 Å². The maximum Gasteiger partial charge on any atom is 0.149 e. The Hall–Kier alpha value is -1.65. The Morgan fingerprint density at radius 3 is 2.83 bits per heavy atom. The molecule has 3 rings (SSSR count).